The van der Waals surface area contributed by atoms with Crippen LogP contribution in [-0.2, 0) is 0 Å². The van der Waals surface area contributed by atoms with E-state index in [0.717, 1.165) is 0 Å². The van der Waals surface area contributed by atoms with Crippen molar-refractivity contribution >= 4 is 17.3 Å². The molecule has 7 heteroatoms. The van der Waals surface area contributed by atoms with Gasteiger partial charge in [-0.1, -0.05) is 12.1 Å². The summed E-state index contributed by atoms with van der Waals surface area (Å²) in [5.41, 5.74) is 1.23. The number of rotatable bonds is 4. The lowest BCUT2D eigenvalue weighted by molar-refractivity contribution is -0.729. The van der Waals surface area contributed by atoms with Crippen LogP contribution in [0.5, 0.6) is 0 Å². The summed E-state index contributed by atoms with van der Waals surface area (Å²) in [6.45, 7) is 0. The van der Waals surface area contributed by atoms with Crippen LogP contribution in [0.1, 0.15) is 0 Å². The predicted octanol–water partition coefficient (Wildman–Crippen LogP) is 3.08. The zero-order valence-electron chi connectivity index (χ0n) is 11.4. The van der Waals surface area contributed by atoms with E-state index in [-0.39, 0.29) is 16.4 Å². The van der Waals surface area contributed by atoms with Gasteiger partial charge < -0.3 is 5.32 Å². The van der Waals surface area contributed by atoms with E-state index in [1.54, 1.807) is 48.8 Å². The molecular weight excluding hydrogens is 282 g/mol. The van der Waals surface area contributed by atoms with E-state index in [9.17, 15) is 10.1 Å². The lowest BCUT2D eigenvalue weighted by Crippen LogP contribution is -2.03. The first kappa shape index (κ1) is 13.6. The summed E-state index contributed by atoms with van der Waals surface area (Å²) in [5.74, 6) is 0.704. The van der Waals surface area contributed by atoms with Gasteiger partial charge in [-0.05, 0) is 30.3 Å². The molecule has 7 nitrogen and oxygen atoms in total. The Balaban J connectivity index is 2.03. The number of pyridine rings is 3. The van der Waals surface area contributed by atoms with Crippen LogP contribution in [-0.4, -0.2) is 25.1 Å². The molecule has 0 fully saturated rings. The molecule has 22 heavy (non-hydrogen) atoms. The van der Waals surface area contributed by atoms with Gasteiger partial charge in [0.25, 0.3) is 4.92 Å². The van der Waals surface area contributed by atoms with Crippen molar-refractivity contribution in [2.75, 3.05) is 5.32 Å². The topological polar surface area (TPSA) is 91.0 Å². The molecule has 0 amide bonds. The quantitative estimate of drug-likeness (QED) is 0.718. The second kappa shape index (κ2) is 5.96. The Hall–Kier alpha value is -3.35. The maximum atomic E-state index is 11.3. The Bertz CT molecular complexity index is 794. The largest absolute Gasteiger partial charge is 0.358 e. The van der Waals surface area contributed by atoms with Crippen molar-refractivity contribution in [3.05, 3.63) is 65.8 Å². The maximum absolute atomic E-state index is 11.3. The summed E-state index contributed by atoms with van der Waals surface area (Å²) in [6, 6.07) is 13.8. The van der Waals surface area contributed by atoms with Crippen LogP contribution in [0.25, 0.3) is 11.4 Å². The summed E-state index contributed by atoms with van der Waals surface area (Å²) >= 11 is 0. The van der Waals surface area contributed by atoms with Crippen molar-refractivity contribution in [3.8, 4) is 11.4 Å². The molecule has 0 aromatic carbocycles. The molecule has 0 aliphatic heterocycles. The smallest absolute Gasteiger partial charge is 0.319 e. The Morgan fingerprint density at radius 2 is 1.68 bits per heavy atom. The summed E-state index contributed by atoms with van der Waals surface area (Å²) in [7, 11) is 0. The number of hydrogen-bond donors (Lipinski definition) is 2. The summed E-state index contributed by atoms with van der Waals surface area (Å²) in [6.07, 6.45) is 3.27. The normalized spacial score (nSPS) is 10.2. The van der Waals surface area contributed by atoms with E-state index in [0.29, 0.717) is 17.2 Å². The van der Waals surface area contributed by atoms with Gasteiger partial charge in [0, 0.05) is 18.5 Å². The monoisotopic (exact) mass is 294 g/mol. The minimum atomic E-state index is -0.236. The van der Waals surface area contributed by atoms with Gasteiger partial charge in [-0.3, -0.25) is 4.98 Å². The van der Waals surface area contributed by atoms with Crippen molar-refractivity contribution in [2.45, 2.75) is 0 Å². The minimum absolute atomic E-state index is 0.00895. The average molecular weight is 294 g/mol. The van der Waals surface area contributed by atoms with Crippen molar-refractivity contribution in [1.29, 1.82) is 0 Å². The van der Waals surface area contributed by atoms with Crippen LogP contribution in [0.2, 0.25) is 0 Å². The molecule has 3 aromatic rings. The van der Waals surface area contributed by atoms with Crippen molar-refractivity contribution in [3.63, 3.8) is 0 Å². The number of anilines is 2. The van der Waals surface area contributed by atoms with Crippen molar-refractivity contribution in [1.82, 2.24) is 15.0 Å². The molecule has 0 unspecified atom stereocenters. The van der Waals surface area contributed by atoms with Crippen LogP contribution in [0.15, 0.2) is 60.9 Å². The molecule has 0 aliphatic carbocycles. The molecule has 3 aromatic heterocycles. The van der Waals surface area contributed by atoms with E-state index in [1.807, 2.05) is 6.07 Å². The van der Waals surface area contributed by atoms with Gasteiger partial charge in [0.05, 0.1) is 16.3 Å². The van der Waals surface area contributed by atoms with Crippen molar-refractivity contribution in [2.24, 2.45) is 0 Å². The van der Waals surface area contributed by atoms with E-state index < -0.39 is 0 Å². The van der Waals surface area contributed by atoms with E-state index in [1.165, 1.54) is 6.07 Å². The van der Waals surface area contributed by atoms with Gasteiger partial charge in [0.2, 0.25) is 5.82 Å². The SMILES string of the molecule is O=[N+](O)c1ccc(-c2ccccn2)nc1Nc1ccccn1. The van der Waals surface area contributed by atoms with Gasteiger partial charge in [0.1, 0.15) is 5.82 Å². The lowest BCUT2D eigenvalue weighted by Gasteiger charge is -2.06. The third-order valence-electron chi connectivity index (χ3n) is 2.92. The van der Waals surface area contributed by atoms with Gasteiger partial charge in [-0.2, -0.15) is 0 Å². The highest BCUT2D eigenvalue weighted by atomic mass is 16.6. The average Bonchev–Trinajstić information content (AvgIpc) is 2.56. The molecular formula is C15H12N5O2+. The molecule has 3 heterocycles. The highest BCUT2D eigenvalue weighted by molar-refractivity contribution is 5.68. The van der Waals surface area contributed by atoms with Crippen LogP contribution < -0.4 is 5.32 Å². The van der Waals surface area contributed by atoms with Crippen LogP contribution in [0.3, 0.4) is 0 Å². The van der Waals surface area contributed by atoms with E-state index in [2.05, 4.69) is 20.3 Å². The third kappa shape index (κ3) is 2.88. The molecule has 0 radical (unpaired) electrons. The standard InChI is InChI=1S/C15H12N5O2/c21-20(22)13-8-7-12(11-5-1-3-9-16-11)18-15(13)19-14-6-2-4-10-17-14/h1-10H,(H,21,22)(H,17,18,19)/q+1. The number of aromatic nitrogens is 3. The van der Waals surface area contributed by atoms with Gasteiger partial charge in [0.15, 0.2) is 0 Å². The van der Waals surface area contributed by atoms with Crippen LogP contribution in [0.4, 0.5) is 17.3 Å². The molecule has 0 aliphatic rings. The van der Waals surface area contributed by atoms with Crippen molar-refractivity contribution < 1.29 is 10.1 Å². The van der Waals surface area contributed by atoms with Gasteiger partial charge in [-0.15, -0.1) is 0 Å². The Morgan fingerprint density at radius 1 is 0.909 bits per heavy atom. The molecule has 108 valence electrons. The van der Waals surface area contributed by atoms with Gasteiger partial charge in [-0.25, -0.2) is 15.2 Å². The maximum Gasteiger partial charge on any atom is 0.358 e. The Kier molecular flexibility index (Phi) is 3.69. The van der Waals surface area contributed by atoms with Gasteiger partial charge >= 0.3 is 5.69 Å². The highest BCUT2D eigenvalue weighted by Gasteiger charge is 2.21. The molecule has 0 bridgehead atoms. The number of nitrogens with one attached hydrogen (secondary N) is 1. The first-order valence-electron chi connectivity index (χ1n) is 6.51. The third-order valence-corrected chi connectivity index (χ3v) is 2.92. The first-order chi connectivity index (χ1) is 10.7. The summed E-state index contributed by atoms with van der Waals surface area (Å²) in [4.78, 5) is 23.7. The molecule has 0 spiro atoms. The second-order valence-corrected chi connectivity index (χ2v) is 4.39. The minimum Gasteiger partial charge on any atom is -0.319 e. The van der Waals surface area contributed by atoms with Crippen LogP contribution >= 0.6 is 0 Å². The lowest BCUT2D eigenvalue weighted by atomic mass is 10.2. The zero-order valence-corrected chi connectivity index (χ0v) is 11.4. The fourth-order valence-corrected chi connectivity index (χ4v) is 1.91. The Labute approximate surface area is 125 Å². The second-order valence-electron chi connectivity index (χ2n) is 4.39. The first-order valence-corrected chi connectivity index (χ1v) is 6.51. The molecule has 0 saturated heterocycles. The van der Waals surface area contributed by atoms with E-state index in [4.69, 9.17) is 0 Å². The van der Waals surface area contributed by atoms with E-state index >= 15 is 0 Å². The predicted molar refractivity (Wildman–Crippen MR) is 80.1 cm³/mol. The fourth-order valence-electron chi connectivity index (χ4n) is 1.91. The number of hydrogen-bond acceptors (Lipinski definition) is 5. The highest BCUT2D eigenvalue weighted by Crippen LogP contribution is 2.27. The summed E-state index contributed by atoms with van der Waals surface area (Å²) < 4.78 is 0. The molecule has 0 atom stereocenters. The fraction of sp³-hybridized carbons (Fsp3) is 0. The summed E-state index contributed by atoms with van der Waals surface area (Å²) in [5, 5.41) is 12.1. The number of nitrogens with zero attached hydrogens (tertiary/aromatic N) is 4. The van der Waals surface area contributed by atoms with Crippen LogP contribution in [0, 0.1) is 4.91 Å². The molecule has 3 rings (SSSR count). The Morgan fingerprint density at radius 3 is 2.32 bits per heavy atom. The zero-order chi connectivity index (χ0) is 15.4. The molecule has 2 N–H and O–H groups in total. The molecule has 0 saturated carbocycles.